The van der Waals surface area contributed by atoms with Crippen LogP contribution in [0.4, 0.5) is 9.59 Å². The summed E-state index contributed by atoms with van der Waals surface area (Å²) in [6.45, 7) is 31.2. The molecule has 2 aromatic rings. The first-order valence-corrected chi connectivity index (χ1v) is 29.1. The summed E-state index contributed by atoms with van der Waals surface area (Å²) < 4.78 is 26.3. The molecule has 0 heterocycles. The van der Waals surface area contributed by atoms with Crippen LogP contribution in [0.15, 0.2) is 86.5 Å². The number of nitrogens with zero attached hydrogens (tertiary/aromatic N) is 4. The van der Waals surface area contributed by atoms with Crippen LogP contribution >= 0.6 is 0 Å². The van der Waals surface area contributed by atoms with Crippen molar-refractivity contribution in [3.05, 3.63) is 97.6 Å². The first kappa shape index (κ1) is 81.7. The minimum Gasteiger partial charge on any atom is -0.520 e. The summed E-state index contributed by atoms with van der Waals surface area (Å²) in [5, 5.41) is 9.66. The van der Waals surface area contributed by atoms with E-state index in [-0.39, 0.29) is 50.0 Å². The Kier molecular flexibility index (Phi) is 38.2. The monoisotopic (exact) mass is 1490 g/mol. The van der Waals surface area contributed by atoms with Gasteiger partial charge in [-0.25, -0.2) is 24.0 Å². The fraction of sp³-hybridized carbons (Fsp3) is 0.547. The van der Waals surface area contributed by atoms with E-state index in [4.69, 9.17) is 23.7 Å². The van der Waals surface area contributed by atoms with Gasteiger partial charge in [-0.2, -0.15) is 6.41 Å². The van der Waals surface area contributed by atoms with E-state index in [1.807, 2.05) is 62.4 Å². The van der Waals surface area contributed by atoms with Crippen molar-refractivity contribution in [2.24, 2.45) is 11.8 Å². The Labute approximate surface area is 520 Å². The first-order valence-electron chi connectivity index (χ1n) is 29.1. The Hall–Kier alpha value is -9.41. The molecule has 0 saturated heterocycles. The maximum absolute atomic E-state index is 13.3. The summed E-state index contributed by atoms with van der Waals surface area (Å²) in [6.07, 6.45) is 6.29. The molecule has 0 saturated carbocycles. The van der Waals surface area contributed by atoms with Crippen molar-refractivity contribution in [2.75, 3.05) is 61.7 Å². The number of amides is 7. The van der Waals surface area contributed by atoms with Gasteiger partial charge in [0.1, 0.15) is 62.5 Å². The number of ether oxygens (including phenoxy) is 5. The molecule has 4 N–H and O–H groups in total. The topological polar surface area (TPSA) is 295 Å². The second-order valence-electron chi connectivity index (χ2n) is 22.3. The average molecular weight is 1490 g/mol. The molecule has 0 fully saturated rings. The van der Waals surface area contributed by atoms with Gasteiger partial charge in [-0.1, -0.05) is 115 Å². The van der Waals surface area contributed by atoms with Gasteiger partial charge in [0.15, 0.2) is 6.04 Å². The number of aldehydes is 1. The van der Waals surface area contributed by atoms with E-state index in [1.54, 1.807) is 101 Å². The molecule has 7 atom stereocenters. The molecule has 89 heavy (non-hydrogen) atoms. The van der Waals surface area contributed by atoms with E-state index in [0.717, 1.165) is 22.3 Å². The van der Waals surface area contributed by atoms with Gasteiger partial charge in [0.05, 0.1) is 12.1 Å². The normalized spacial score (nSPS) is 13.4. The number of nitrogens with one attached hydrogen (secondary N) is 4. The zero-order valence-electron chi connectivity index (χ0n) is 54.8. The summed E-state index contributed by atoms with van der Waals surface area (Å²) in [6, 6.07) is 9.43. The fourth-order valence-electron chi connectivity index (χ4n) is 8.72. The predicted octanol–water partition coefficient (Wildman–Crippen LogP) is 5.88. The number of fused-ring (bicyclic) bond motifs is 3. The molecule has 0 aromatic heterocycles. The van der Waals surface area contributed by atoms with Gasteiger partial charge in [0, 0.05) is 33.1 Å². The largest absolute Gasteiger partial charge is 0.520 e. The van der Waals surface area contributed by atoms with Gasteiger partial charge in [-0.15, -0.1) is 13.2 Å². The molecule has 0 bridgehead atoms. The number of rotatable bonds is 31. The van der Waals surface area contributed by atoms with Gasteiger partial charge >= 0.3 is 30.1 Å². The van der Waals surface area contributed by atoms with E-state index in [1.165, 1.54) is 47.4 Å². The zero-order chi connectivity index (χ0) is 67.6. The number of esters is 3. The minimum atomic E-state index is -1.40. The summed E-state index contributed by atoms with van der Waals surface area (Å²) in [5.74, 6) is -4.34. The van der Waals surface area contributed by atoms with E-state index in [0.29, 0.717) is 19.1 Å². The van der Waals surface area contributed by atoms with Crippen molar-refractivity contribution in [3.63, 3.8) is 0 Å². The Balaban J connectivity index is 0. The van der Waals surface area contributed by atoms with Crippen LogP contribution in [0.1, 0.15) is 113 Å². The van der Waals surface area contributed by atoms with Crippen LogP contribution in [0.3, 0.4) is 0 Å². The molecular weight excluding hydrogens is 1390 g/mol. The van der Waals surface area contributed by atoms with Crippen LogP contribution in [-0.2, 0) is 66.8 Å². The molecule has 0 aliphatic heterocycles. The molecular formula is C64H97FmN8O16-. The van der Waals surface area contributed by atoms with Gasteiger partial charge in [-0.3, -0.25) is 24.1 Å². The van der Waals surface area contributed by atoms with Crippen molar-refractivity contribution in [1.29, 1.82) is 0 Å². The Morgan fingerprint density at radius 3 is 1.48 bits per heavy atom. The SMILES string of the molecule is C=CCOC(=O)C(COC(=O)C(C(C)C)N(C)C(=O)[C@H](CC=C)N(C)C=O)NC(=O)OCC1c2ccccc2-c2ccccc21.C=CC[C@@H](C(=O)N(C)C(C(=O)OCC(N[C-]=O)C(=O)NC(C)C)C(C)C)N(C)C.CC.CC(C=O)NC(=O)OC(C)(C)C.[Fm]. The fourth-order valence-corrected chi connectivity index (χ4v) is 8.72. The molecule has 3 rings (SSSR count). The molecule has 0 radical (unpaired) electrons. The van der Waals surface area contributed by atoms with Crippen molar-refractivity contribution < 1.29 is 76.4 Å². The number of hydrogen-bond acceptors (Lipinski definition) is 17. The van der Waals surface area contributed by atoms with Crippen LogP contribution in [0.5, 0.6) is 0 Å². The van der Waals surface area contributed by atoms with E-state index in [2.05, 4.69) is 41.0 Å². The maximum atomic E-state index is 13.3. The van der Waals surface area contributed by atoms with E-state index >= 15 is 0 Å². The van der Waals surface area contributed by atoms with Gasteiger partial charge in [0.2, 0.25) is 24.1 Å². The molecule has 502 valence electrons. The summed E-state index contributed by atoms with van der Waals surface area (Å²) >= 11 is 0. The quantitative estimate of drug-likeness (QED) is 0.0171. The third-order valence-electron chi connectivity index (χ3n) is 12.9. The molecule has 2 aromatic carbocycles. The van der Waals surface area contributed by atoms with Gasteiger partial charge in [0.25, 0.3) is 0 Å². The summed E-state index contributed by atoms with van der Waals surface area (Å²) in [7, 11) is 8.01. The van der Waals surface area contributed by atoms with Crippen molar-refractivity contribution in [1.82, 2.24) is 40.9 Å². The third-order valence-corrected chi connectivity index (χ3v) is 12.9. The average Bonchev–Trinajstić information content (AvgIpc) is 4.07. The number of likely N-dealkylation sites (N-methyl/N-ethyl adjacent to an activating group) is 4. The van der Waals surface area contributed by atoms with Crippen LogP contribution in [0.25, 0.3) is 11.1 Å². The van der Waals surface area contributed by atoms with Crippen molar-refractivity contribution >= 4 is 66.9 Å². The van der Waals surface area contributed by atoms with Crippen LogP contribution in [0, 0.1) is 11.8 Å². The van der Waals surface area contributed by atoms with E-state index in [9.17, 15) is 52.7 Å². The summed E-state index contributed by atoms with van der Waals surface area (Å²) in [5.41, 5.74) is 3.66. The van der Waals surface area contributed by atoms with Gasteiger partial charge < -0.3 is 69.2 Å². The Morgan fingerprint density at radius 2 is 1.08 bits per heavy atom. The number of benzene rings is 2. The molecule has 0 spiro atoms. The number of carbonyl (C=O) groups excluding carboxylic acids is 11. The summed E-state index contributed by atoms with van der Waals surface area (Å²) in [4.78, 5) is 139. The standard InChI is InChI=1S/C34H41N3O8.C20H35N4O5.C8H15NO3.C2H6.Fm/c1-7-13-29(36(5)21-38)31(39)37(6)30(22(3)4)33(41)44-20-28(32(40)43-18-8-2)35-34(42)45-19-27-25-16-11-9-14-23(25)24-15-10-12-17-26(24)27;1-9-10-16(23(6)7)19(27)24(8)17(13(2)3)20(28)29-11-15(21-12-25)18(26)22-14(4)5;1-6(5-10)9-7(11)12-8(2,3)4;1-2;/h7-12,14-17,21-22,27-30H,1-2,13,18-20H2,3-6H3,(H,35,42);9,13-17H,1,10-11H2,2-8H3,(H,21,25)(H,22,26);5-6H,1-4H3,(H,9,11);1-2H3;/q;-1;;;/t28?,29-,30?;15?,16-,17?;;;/m00.../s1. The Bertz CT molecular complexity index is 2580. The third kappa shape index (κ3) is 27.5. The molecule has 1 aliphatic rings. The number of hydrogen-bond donors (Lipinski definition) is 4. The molecule has 24 nitrogen and oxygen atoms in total. The number of carbonyl (C=O) groups is 10. The number of alkyl carbamates (subject to hydrolysis) is 2. The second kappa shape index (κ2) is 41.6. The molecule has 5 unspecified atom stereocenters. The second-order valence-corrected chi connectivity index (χ2v) is 22.3. The van der Waals surface area contributed by atoms with Crippen LogP contribution in [-0.4, -0.2) is 202 Å². The Morgan fingerprint density at radius 1 is 0.618 bits per heavy atom. The molecule has 25 heteroatoms. The zero-order valence-corrected chi connectivity index (χ0v) is 57.2. The maximum Gasteiger partial charge on any atom is 0.408 e. The van der Waals surface area contributed by atoms with Crippen LogP contribution in [0.2, 0.25) is 0 Å². The van der Waals surface area contributed by atoms with Crippen LogP contribution < -0.4 is 21.3 Å². The predicted molar refractivity (Wildman–Crippen MR) is 335 cm³/mol. The first-order chi connectivity index (χ1) is 41.4. The van der Waals surface area contributed by atoms with Gasteiger partial charge in [-0.05, 0) is 103 Å². The van der Waals surface area contributed by atoms with Crippen molar-refractivity contribution in [3.8, 4) is 11.1 Å². The smallest absolute Gasteiger partial charge is 0.408 e. The van der Waals surface area contributed by atoms with E-state index < -0.39 is 102 Å². The molecule has 1 aliphatic carbocycles. The van der Waals surface area contributed by atoms with Crippen molar-refractivity contribution in [2.45, 2.75) is 156 Å². The minimum absolute atomic E-state index is 0. The molecule has 7 amide bonds.